The first kappa shape index (κ1) is 26.5. The molecular weight excluding hydrogens is 500 g/mol. The van der Waals surface area contributed by atoms with Crippen LogP contribution in [0.4, 0.5) is 22.1 Å². The molecule has 0 radical (unpaired) electrons. The van der Waals surface area contributed by atoms with Crippen molar-refractivity contribution in [2.24, 2.45) is 0 Å². The van der Waals surface area contributed by atoms with Gasteiger partial charge < -0.3 is 20.1 Å². The molecular formula is C20H30N6O7S2. The van der Waals surface area contributed by atoms with Crippen molar-refractivity contribution in [3.63, 3.8) is 0 Å². The number of ether oxygens (including phenoxy) is 2. The molecule has 0 unspecified atom stereocenters. The Labute approximate surface area is 204 Å². The number of rotatable bonds is 9. The van der Waals surface area contributed by atoms with Crippen LogP contribution in [0, 0.1) is 0 Å². The van der Waals surface area contributed by atoms with E-state index in [2.05, 4.69) is 25.8 Å². The van der Waals surface area contributed by atoms with Crippen LogP contribution in [0.2, 0.25) is 0 Å². The molecule has 15 heteroatoms. The average molecular weight is 531 g/mol. The van der Waals surface area contributed by atoms with Crippen molar-refractivity contribution in [2.45, 2.75) is 51.2 Å². The van der Waals surface area contributed by atoms with Gasteiger partial charge in [-0.2, -0.15) is 13.8 Å². The van der Waals surface area contributed by atoms with E-state index in [-0.39, 0.29) is 39.2 Å². The fourth-order valence-electron chi connectivity index (χ4n) is 3.89. The molecule has 1 fully saturated rings. The largest absolute Gasteiger partial charge is 0.479 e. The molecule has 3 rings (SSSR count). The summed E-state index contributed by atoms with van der Waals surface area (Å²) in [6, 6.07) is 4.51. The number of methoxy groups -OCH3 is 1. The highest BCUT2D eigenvalue weighted by Crippen LogP contribution is 2.36. The molecule has 2 aromatic heterocycles. The molecule has 0 saturated heterocycles. The van der Waals surface area contributed by atoms with E-state index in [1.165, 1.54) is 19.2 Å². The minimum atomic E-state index is -4.15. The van der Waals surface area contributed by atoms with E-state index in [1.807, 2.05) is 19.9 Å². The van der Waals surface area contributed by atoms with Crippen molar-refractivity contribution in [3.8, 4) is 5.88 Å². The number of hydrogen-bond acceptors (Lipinski definition) is 10. The van der Waals surface area contributed by atoms with Crippen molar-refractivity contribution in [2.75, 3.05) is 28.6 Å². The number of nitrogens with one attached hydrogen (secondary N) is 3. The highest BCUT2D eigenvalue weighted by molar-refractivity contribution is 8.09. The van der Waals surface area contributed by atoms with E-state index < -0.39 is 26.1 Å². The highest BCUT2D eigenvalue weighted by atomic mass is 32.3. The number of carbonyl (C=O) groups excluding carboxylic acids is 1. The second-order valence-electron chi connectivity index (χ2n) is 8.62. The highest BCUT2D eigenvalue weighted by Gasteiger charge is 2.32. The minimum absolute atomic E-state index is 0.00283. The Hall–Kier alpha value is -3.07. The lowest BCUT2D eigenvalue weighted by Gasteiger charge is -2.21. The molecule has 194 valence electrons. The molecule has 1 amide bonds. The second kappa shape index (κ2) is 10.3. The van der Waals surface area contributed by atoms with E-state index in [0.29, 0.717) is 12.2 Å². The van der Waals surface area contributed by atoms with Crippen LogP contribution in [0.3, 0.4) is 0 Å². The predicted molar refractivity (Wildman–Crippen MR) is 130 cm³/mol. The number of pyridine rings is 1. The predicted octanol–water partition coefficient (Wildman–Crippen LogP) is 2.05. The minimum Gasteiger partial charge on any atom is -0.479 e. The molecule has 0 spiro atoms. The first-order valence-corrected chi connectivity index (χ1v) is 14.5. The van der Waals surface area contributed by atoms with Crippen LogP contribution in [0.15, 0.2) is 18.2 Å². The number of aromatic amines is 1. The summed E-state index contributed by atoms with van der Waals surface area (Å²) >= 11 is 0. The molecule has 1 aliphatic rings. The molecule has 0 aromatic carbocycles. The van der Waals surface area contributed by atoms with Crippen molar-refractivity contribution in [1.82, 2.24) is 20.5 Å². The van der Waals surface area contributed by atoms with Gasteiger partial charge in [-0.1, -0.05) is 0 Å². The summed E-state index contributed by atoms with van der Waals surface area (Å²) in [4.78, 5) is 16.0. The fourth-order valence-corrected chi connectivity index (χ4v) is 6.85. The third-order valence-corrected chi connectivity index (χ3v) is 8.41. The molecule has 3 N–H and O–H groups in total. The van der Waals surface area contributed by atoms with Crippen molar-refractivity contribution in [3.05, 3.63) is 23.9 Å². The fraction of sp³-hybridized carbons (Fsp3) is 0.550. The Balaban J connectivity index is 1.71. The Morgan fingerprint density at radius 3 is 2.43 bits per heavy atom. The number of anilines is 3. The van der Waals surface area contributed by atoms with Crippen LogP contribution in [-0.4, -0.2) is 69.9 Å². The van der Waals surface area contributed by atoms with Gasteiger partial charge in [-0.05, 0) is 45.2 Å². The number of amides is 1. The summed E-state index contributed by atoms with van der Waals surface area (Å²) in [5.74, 6) is 0.658. The molecule has 0 aliphatic heterocycles. The van der Waals surface area contributed by atoms with Crippen LogP contribution in [0.1, 0.15) is 44.7 Å². The number of H-pyrrole nitrogens is 1. The van der Waals surface area contributed by atoms with Gasteiger partial charge in [0.15, 0.2) is 5.82 Å². The lowest BCUT2D eigenvalue weighted by molar-refractivity contribution is 0.0981. The van der Waals surface area contributed by atoms with Crippen LogP contribution in [0.25, 0.3) is 0 Å². The van der Waals surface area contributed by atoms with Gasteiger partial charge in [0, 0.05) is 23.7 Å². The van der Waals surface area contributed by atoms with Crippen LogP contribution < -0.4 is 19.1 Å². The maximum absolute atomic E-state index is 12.1. The van der Waals surface area contributed by atoms with Gasteiger partial charge in [-0.25, -0.2) is 21.6 Å². The van der Waals surface area contributed by atoms with Gasteiger partial charge in [0.2, 0.25) is 25.9 Å². The van der Waals surface area contributed by atoms with Crippen LogP contribution >= 0.6 is 0 Å². The molecule has 2 aromatic rings. The number of sulfonamides is 2. The van der Waals surface area contributed by atoms with Gasteiger partial charge in [-0.3, -0.25) is 5.10 Å². The molecule has 1 saturated carbocycles. The molecule has 2 atom stereocenters. The Morgan fingerprint density at radius 1 is 1.14 bits per heavy atom. The standard InChI is InChI=1S/C20H30N6O7S2/c1-12(2)21-20(27)33-14-7-6-13(10-14)15-11-18(25-24-15)22-17-9-8-16(19(23-17)32-3)26(34(4,28)29)35(5,30)31/h8-9,11-14H,6-7,10H2,1-5H3,(H,21,27)(H2,22,23,24,25)/t13-,14+/m0/s1. The molecule has 13 nitrogen and oxygen atoms in total. The zero-order valence-corrected chi connectivity index (χ0v) is 21.7. The van der Waals surface area contributed by atoms with E-state index in [1.54, 1.807) is 0 Å². The van der Waals surface area contributed by atoms with Gasteiger partial charge in [0.05, 0.1) is 19.6 Å². The van der Waals surface area contributed by atoms with Gasteiger partial charge >= 0.3 is 6.09 Å². The van der Waals surface area contributed by atoms with E-state index in [0.717, 1.165) is 31.0 Å². The van der Waals surface area contributed by atoms with E-state index in [4.69, 9.17) is 9.47 Å². The first-order valence-electron chi connectivity index (χ1n) is 10.8. The molecule has 1 aliphatic carbocycles. The normalized spacial score (nSPS) is 18.3. The van der Waals surface area contributed by atoms with E-state index in [9.17, 15) is 21.6 Å². The first-order chi connectivity index (χ1) is 16.3. The van der Waals surface area contributed by atoms with Crippen LogP contribution in [0.5, 0.6) is 5.88 Å². The maximum Gasteiger partial charge on any atom is 0.407 e. The number of nitrogens with zero attached hydrogens (tertiary/aromatic N) is 3. The second-order valence-corrected chi connectivity index (χ2v) is 12.5. The number of alkyl carbamates (subject to hydrolysis) is 1. The van der Waals surface area contributed by atoms with E-state index >= 15 is 0 Å². The summed E-state index contributed by atoms with van der Waals surface area (Å²) in [6.45, 7) is 3.73. The zero-order valence-electron chi connectivity index (χ0n) is 20.1. The van der Waals surface area contributed by atoms with Crippen molar-refractivity contribution in [1.29, 1.82) is 0 Å². The Bertz CT molecular complexity index is 1240. The van der Waals surface area contributed by atoms with Crippen molar-refractivity contribution < 1.29 is 31.1 Å². The average Bonchev–Trinajstić information content (AvgIpc) is 3.35. The zero-order chi connectivity index (χ0) is 26.0. The van der Waals surface area contributed by atoms with Gasteiger partial charge in [0.25, 0.3) is 0 Å². The number of carbonyl (C=O) groups is 1. The summed E-state index contributed by atoms with van der Waals surface area (Å²) in [5.41, 5.74) is 0.635. The summed E-state index contributed by atoms with van der Waals surface area (Å²) in [7, 11) is -7.05. The van der Waals surface area contributed by atoms with Crippen molar-refractivity contribution >= 4 is 43.5 Å². The summed E-state index contributed by atoms with van der Waals surface area (Å²) in [5, 5.41) is 12.9. The lowest BCUT2D eigenvalue weighted by Crippen LogP contribution is -2.35. The van der Waals surface area contributed by atoms with Crippen LogP contribution in [-0.2, 0) is 24.8 Å². The molecule has 0 bridgehead atoms. The third-order valence-electron chi connectivity index (χ3n) is 5.19. The smallest absolute Gasteiger partial charge is 0.407 e. The lowest BCUT2D eigenvalue weighted by atomic mass is 10.0. The summed E-state index contributed by atoms with van der Waals surface area (Å²) < 4.78 is 59.2. The SMILES string of the molecule is COc1nc(Nc2cc([C@H]3CC[C@@H](OC(=O)NC(C)C)C3)[nH]n2)ccc1N(S(C)(=O)=O)S(C)(=O)=O. The topological polar surface area (TPSA) is 173 Å². The molecule has 2 heterocycles. The monoisotopic (exact) mass is 530 g/mol. The number of aromatic nitrogens is 3. The van der Waals surface area contributed by atoms with Gasteiger partial charge in [-0.15, -0.1) is 0 Å². The molecule has 35 heavy (non-hydrogen) atoms. The number of hydrogen-bond donors (Lipinski definition) is 3. The third kappa shape index (κ3) is 6.75. The maximum atomic E-state index is 12.1. The quantitative estimate of drug-likeness (QED) is 0.435. The van der Waals surface area contributed by atoms with Gasteiger partial charge in [0.1, 0.15) is 17.6 Å². The Morgan fingerprint density at radius 2 is 1.83 bits per heavy atom. The summed E-state index contributed by atoms with van der Waals surface area (Å²) in [6.07, 6.45) is 3.20. The Kier molecular flexibility index (Phi) is 7.79.